The number of aromatic nitrogens is 1. The number of hydrogen-bond acceptors (Lipinski definition) is 3. The average molecular weight is 227 g/mol. The van der Waals surface area contributed by atoms with Gasteiger partial charge in [-0.05, 0) is 30.7 Å². The minimum atomic E-state index is -0.0395. The molecular formula is C14H13NO2. The van der Waals surface area contributed by atoms with E-state index in [1.54, 1.807) is 37.7 Å². The van der Waals surface area contributed by atoms with E-state index in [2.05, 4.69) is 4.98 Å². The summed E-state index contributed by atoms with van der Waals surface area (Å²) in [7, 11) is 1.56. The molecule has 1 heterocycles. The Balaban J connectivity index is 2.48. The first kappa shape index (κ1) is 11.3. The maximum absolute atomic E-state index is 12.3. The second-order valence-corrected chi connectivity index (χ2v) is 3.72. The summed E-state index contributed by atoms with van der Waals surface area (Å²) in [6.45, 7) is 1.87. The number of benzene rings is 1. The summed E-state index contributed by atoms with van der Waals surface area (Å²) in [5.41, 5.74) is 2.09. The zero-order valence-electron chi connectivity index (χ0n) is 9.81. The van der Waals surface area contributed by atoms with Gasteiger partial charge in [-0.3, -0.25) is 9.78 Å². The third-order valence-corrected chi connectivity index (χ3v) is 2.62. The van der Waals surface area contributed by atoms with Crippen LogP contribution in [-0.2, 0) is 0 Å². The first-order chi connectivity index (χ1) is 8.24. The van der Waals surface area contributed by atoms with Crippen molar-refractivity contribution in [3.05, 3.63) is 59.4 Å². The molecule has 3 nitrogen and oxygen atoms in total. The molecule has 2 aromatic rings. The average Bonchev–Trinajstić information content (AvgIpc) is 2.38. The Morgan fingerprint density at radius 2 is 1.94 bits per heavy atom. The van der Waals surface area contributed by atoms with Gasteiger partial charge >= 0.3 is 0 Å². The second kappa shape index (κ2) is 4.78. The third-order valence-electron chi connectivity index (χ3n) is 2.62. The molecule has 0 spiro atoms. The van der Waals surface area contributed by atoms with E-state index in [4.69, 9.17) is 4.74 Å². The maximum atomic E-state index is 12.3. The minimum absolute atomic E-state index is 0.0395. The van der Waals surface area contributed by atoms with Crippen LogP contribution >= 0.6 is 0 Å². The first-order valence-corrected chi connectivity index (χ1v) is 5.32. The number of aryl methyl sites for hydroxylation is 1. The van der Waals surface area contributed by atoms with E-state index in [-0.39, 0.29) is 5.78 Å². The number of carbonyl (C=O) groups excluding carboxylic acids is 1. The Kier molecular flexibility index (Phi) is 3.19. The van der Waals surface area contributed by atoms with Gasteiger partial charge in [0.05, 0.1) is 12.7 Å². The Morgan fingerprint density at radius 3 is 2.65 bits per heavy atom. The number of methoxy groups -OCH3 is 1. The van der Waals surface area contributed by atoms with E-state index in [9.17, 15) is 4.79 Å². The molecule has 0 unspecified atom stereocenters. The summed E-state index contributed by atoms with van der Waals surface area (Å²) < 4.78 is 5.19. The summed E-state index contributed by atoms with van der Waals surface area (Å²) in [6, 6.07) is 8.94. The van der Waals surface area contributed by atoms with Crippen LogP contribution in [0, 0.1) is 6.92 Å². The van der Waals surface area contributed by atoms with Crippen molar-refractivity contribution in [3.63, 3.8) is 0 Å². The second-order valence-electron chi connectivity index (χ2n) is 3.72. The van der Waals surface area contributed by atoms with Gasteiger partial charge in [0.15, 0.2) is 5.78 Å². The van der Waals surface area contributed by atoms with Crippen LogP contribution in [0.15, 0.2) is 42.7 Å². The lowest BCUT2D eigenvalue weighted by molar-refractivity contribution is 0.103. The number of carbonyl (C=O) groups is 1. The van der Waals surface area contributed by atoms with Crippen molar-refractivity contribution in [2.75, 3.05) is 7.11 Å². The SMILES string of the molecule is COc1ccccc1C(=O)c1ccncc1C. The molecule has 0 saturated heterocycles. The number of hydrogen-bond donors (Lipinski definition) is 0. The summed E-state index contributed by atoms with van der Waals surface area (Å²) in [5.74, 6) is 0.552. The van der Waals surface area contributed by atoms with Crippen LogP contribution in [0.1, 0.15) is 21.5 Å². The lowest BCUT2D eigenvalue weighted by Crippen LogP contribution is -2.05. The molecule has 0 N–H and O–H groups in total. The van der Waals surface area contributed by atoms with Crippen LogP contribution in [-0.4, -0.2) is 17.9 Å². The molecule has 0 aliphatic rings. The standard InChI is InChI=1S/C14H13NO2/c1-10-9-15-8-7-11(10)14(16)12-5-3-4-6-13(12)17-2/h3-9H,1-2H3. The molecule has 0 radical (unpaired) electrons. The topological polar surface area (TPSA) is 39.2 Å². The summed E-state index contributed by atoms with van der Waals surface area (Å²) >= 11 is 0. The van der Waals surface area contributed by atoms with Crippen molar-refractivity contribution in [2.24, 2.45) is 0 Å². The summed E-state index contributed by atoms with van der Waals surface area (Å²) in [4.78, 5) is 16.3. The number of pyridine rings is 1. The number of nitrogens with zero attached hydrogens (tertiary/aromatic N) is 1. The zero-order valence-corrected chi connectivity index (χ0v) is 9.81. The number of para-hydroxylation sites is 1. The van der Waals surface area contributed by atoms with E-state index < -0.39 is 0 Å². The highest BCUT2D eigenvalue weighted by atomic mass is 16.5. The highest BCUT2D eigenvalue weighted by Gasteiger charge is 2.15. The minimum Gasteiger partial charge on any atom is -0.496 e. The predicted octanol–water partition coefficient (Wildman–Crippen LogP) is 2.63. The van der Waals surface area contributed by atoms with Gasteiger partial charge in [-0.25, -0.2) is 0 Å². The fraction of sp³-hybridized carbons (Fsp3) is 0.143. The largest absolute Gasteiger partial charge is 0.496 e. The van der Waals surface area contributed by atoms with Crippen molar-refractivity contribution in [3.8, 4) is 5.75 Å². The Labute approximate surface area is 100 Å². The lowest BCUT2D eigenvalue weighted by atomic mass is 10.0. The molecule has 0 fully saturated rings. The molecule has 0 saturated carbocycles. The van der Waals surface area contributed by atoms with E-state index >= 15 is 0 Å². The first-order valence-electron chi connectivity index (χ1n) is 5.32. The Hall–Kier alpha value is -2.16. The molecule has 3 heteroatoms. The summed E-state index contributed by atoms with van der Waals surface area (Å²) in [5, 5.41) is 0. The molecular weight excluding hydrogens is 214 g/mol. The molecule has 2 rings (SSSR count). The molecule has 0 aliphatic heterocycles. The van der Waals surface area contributed by atoms with Crippen molar-refractivity contribution in [1.29, 1.82) is 0 Å². The fourth-order valence-corrected chi connectivity index (χ4v) is 1.71. The maximum Gasteiger partial charge on any atom is 0.197 e. The van der Waals surface area contributed by atoms with Crippen LogP contribution in [0.3, 0.4) is 0 Å². The van der Waals surface area contributed by atoms with Gasteiger partial charge in [0.1, 0.15) is 5.75 Å². The van der Waals surface area contributed by atoms with Gasteiger partial charge in [-0.15, -0.1) is 0 Å². The van der Waals surface area contributed by atoms with E-state index in [0.717, 1.165) is 5.56 Å². The van der Waals surface area contributed by atoms with Gasteiger partial charge in [0, 0.05) is 18.0 Å². The number of ketones is 1. The molecule has 0 aliphatic carbocycles. The van der Waals surface area contributed by atoms with Gasteiger partial charge in [-0.1, -0.05) is 12.1 Å². The highest BCUT2D eigenvalue weighted by molar-refractivity contribution is 6.11. The molecule has 1 aromatic heterocycles. The molecule has 0 amide bonds. The molecule has 17 heavy (non-hydrogen) atoms. The highest BCUT2D eigenvalue weighted by Crippen LogP contribution is 2.22. The van der Waals surface area contributed by atoms with Crippen LogP contribution in [0.2, 0.25) is 0 Å². The van der Waals surface area contributed by atoms with Gasteiger partial charge in [-0.2, -0.15) is 0 Å². The van der Waals surface area contributed by atoms with E-state index in [1.165, 1.54) is 0 Å². The van der Waals surface area contributed by atoms with Crippen LogP contribution in [0.25, 0.3) is 0 Å². The third kappa shape index (κ3) is 2.18. The van der Waals surface area contributed by atoms with E-state index in [0.29, 0.717) is 16.9 Å². The van der Waals surface area contributed by atoms with Gasteiger partial charge in [0.2, 0.25) is 0 Å². The van der Waals surface area contributed by atoms with Crippen LogP contribution in [0.4, 0.5) is 0 Å². The quantitative estimate of drug-likeness (QED) is 0.757. The number of ether oxygens (including phenoxy) is 1. The summed E-state index contributed by atoms with van der Waals surface area (Å²) in [6.07, 6.45) is 3.30. The zero-order chi connectivity index (χ0) is 12.3. The predicted molar refractivity (Wildman–Crippen MR) is 65.4 cm³/mol. The van der Waals surface area contributed by atoms with Crippen molar-refractivity contribution in [1.82, 2.24) is 4.98 Å². The molecule has 0 bridgehead atoms. The van der Waals surface area contributed by atoms with Crippen LogP contribution in [0.5, 0.6) is 5.75 Å². The van der Waals surface area contributed by atoms with Crippen LogP contribution < -0.4 is 4.74 Å². The van der Waals surface area contributed by atoms with Gasteiger partial charge in [0.25, 0.3) is 0 Å². The Bertz CT molecular complexity index is 549. The molecule has 1 aromatic carbocycles. The fourth-order valence-electron chi connectivity index (χ4n) is 1.71. The molecule has 0 atom stereocenters. The normalized spacial score (nSPS) is 10.0. The smallest absolute Gasteiger partial charge is 0.197 e. The van der Waals surface area contributed by atoms with E-state index in [1.807, 2.05) is 19.1 Å². The lowest BCUT2D eigenvalue weighted by Gasteiger charge is -2.08. The van der Waals surface area contributed by atoms with Gasteiger partial charge < -0.3 is 4.74 Å². The van der Waals surface area contributed by atoms with Crippen molar-refractivity contribution >= 4 is 5.78 Å². The van der Waals surface area contributed by atoms with Crippen molar-refractivity contribution in [2.45, 2.75) is 6.92 Å². The molecule has 86 valence electrons. The Morgan fingerprint density at radius 1 is 1.18 bits per heavy atom. The number of rotatable bonds is 3. The van der Waals surface area contributed by atoms with Crippen molar-refractivity contribution < 1.29 is 9.53 Å². The monoisotopic (exact) mass is 227 g/mol.